The first-order chi connectivity index (χ1) is 9.06. The number of Topliss-reactive ketones (excluding diaryl/α,β-unsaturated/α-hetero) is 1. The van der Waals surface area contributed by atoms with Crippen LogP contribution >= 0.6 is 0 Å². The second kappa shape index (κ2) is 4.55. The van der Waals surface area contributed by atoms with E-state index in [-0.39, 0.29) is 11.4 Å². The molecule has 0 saturated carbocycles. The van der Waals surface area contributed by atoms with Gasteiger partial charge in [0.25, 0.3) is 0 Å². The standard InChI is InChI=1S/C16H12N2O/c1-4-12-15(11(7-17)8-18)13-9(2)5-6-10(3)14(13)16(12)19/h4-6H,1-3H3/b12-4+. The Morgan fingerprint density at radius 1 is 1.11 bits per heavy atom. The van der Waals surface area contributed by atoms with E-state index in [1.165, 1.54) is 0 Å². The van der Waals surface area contributed by atoms with Crippen LogP contribution in [-0.2, 0) is 0 Å². The molecule has 0 unspecified atom stereocenters. The lowest BCUT2D eigenvalue weighted by molar-refractivity contribution is 0.104. The molecule has 1 aromatic rings. The lowest BCUT2D eigenvalue weighted by Crippen LogP contribution is -1.98. The van der Waals surface area contributed by atoms with E-state index in [1.807, 2.05) is 38.1 Å². The third-order valence-electron chi connectivity index (χ3n) is 3.38. The lowest BCUT2D eigenvalue weighted by Gasteiger charge is -2.06. The van der Waals surface area contributed by atoms with Gasteiger partial charge >= 0.3 is 0 Å². The zero-order valence-electron chi connectivity index (χ0n) is 11.0. The van der Waals surface area contributed by atoms with Crippen molar-refractivity contribution >= 4 is 11.4 Å². The second-order valence-corrected chi connectivity index (χ2v) is 4.45. The van der Waals surface area contributed by atoms with Crippen LogP contribution in [-0.4, -0.2) is 5.78 Å². The molecule has 92 valence electrons. The summed E-state index contributed by atoms with van der Waals surface area (Å²) in [5, 5.41) is 18.2. The minimum atomic E-state index is -0.100. The number of carbonyl (C=O) groups is 1. The number of rotatable bonds is 0. The third kappa shape index (κ3) is 1.68. The van der Waals surface area contributed by atoms with Crippen LogP contribution in [0.4, 0.5) is 0 Å². The molecule has 1 aliphatic rings. The molecule has 0 N–H and O–H groups in total. The van der Waals surface area contributed by atoms with Gasteiger partial charge in [0.2, 0.25) is 0 Å². The fraction of sp³-hybridized carbons (Fsp3) is 0.188. The third-order valence-corrected chi connectivity index (χ3v) is 3.38. The first-order valence-corrected chi connectivity index (χ1v) is 5.93. The molecule has 19 heavy (non-hydrogen) atoms. The molecule has 1 aliphatic carbocycles. The predicted octanol–water partition coefficient (Wildman–Crippen LogP) is 3.25. The van der Waals surface area contributed by atoms with Crippen molar-refractivity contribution in [3.63, 3.8) is 0 Å². The van der Waals surface area contributed by atoms with Crippen LogP contribution in [0.1, 0.15) is 34.0 Å². The molecule has 3 heteroatoms. The molecular weight excluding hydrogens is 236 g/mol. The number of nitriles is 2. The number of ketones is 1. The van der Waals surface area contributed by atoms with Crippen molar-refractivity contribution in [2.45, 2.75) is 20.8 Å². The molecule has 0 aromatic heterocycles. The van der Waals surface area contributed by atoms with Gasteiger partial charge in [-0.25, -0.2) is 0 Å². The van der Waals surface area contributed by atoms with Crippen molar-refractivity contribution in [3.8, 4) is 12.1 Å². The molecule has 0 spiro atoms. The largest absolute Gasteiger partial charge is 0.289 e. The Labute approximate surface area is 112 Å². The number of benzene rings is 1. The van der Waals surface area contributed by atoms with Gasteiger partial charge in [0, 0.05) is 16.7 Å². The molecule has 2 rings (SSSR count). The highest BCUT2D eigenvalue weighted by molar-refractivity contribution is 6.28. The SMILES string of the molecule is C/C=C1/C(=O)c2c(C)ccc(C)c2C1=C(C#N)C#N. The first-order valence-electron chi connectivity index (χ1n) is 5.93. The van der Waals surface area contributed by atoms with Gasteiger partial charge < -0.3 is 0 Å². The number of nitrogens with zero attached hydrogens (tertiary/aromatic N) is 2. The van der Waals surface area contributed by atoms with Gasteiger partial charge in [0.05, 0.1) is 0 Å². The summed E-state index contributed by atoms with van der Waals surface area (Å²) in [5.74, 6) is -0.100. The summed E-state index contributed by atoms with van der Waals surface area (Å²) < 4.78 is 0. The minimum absolute atomic E-state index is 0.00565. The van der Waals surface area contributed by atoms with Crippen molar-refractivity contribution in [2.75, 3.05) is 0 Å². The molecule has 0 bridgehead atoms. The zero-order valence-corrected chi connectivity index (χ0v) is 11.0. The van der Waals surface area contributed by atoms with E-state index in [2.05, 4.69) is 0 Å². The van der Waals surface area contributed by atoms with Crippen LogP contribution in [0.15, 0.2) is 29.4 Å². The minimum Gasteiger partial charge on any atom is -0.289 e. The van der Waals surface area contributed by atoms with Crippen molar-refractivity contribution in [1.29, 1.82) is 10.5 Å². The van der Waals surface area contributed by atoms with E-state index in [9.17, 15) is 4.79 Å². The van der Waals surface area contributed by atoms with Gasteiger partial charge in [-0.1, -0.05) is 18.2 Å². The maximum atomic E-state index is 12.4. The zero-order chi connectivity index (χ0) is 14.2. The number of allylic oxidation sites excluding steroid dienone is 4. The predicted molar refractivity (Wildman–Crippen MR) is 72.1 cm³/mol. The molecule has 0 saturated heterocycles. The van der Waals surface area contributed by atoms with E-state index >= 15 is 0 Å². The summed E-state index contributed by atoms with van der Waals surface area (Å²) in [6.45, 7) is 5.50. The van der Waals surface area contributed by atoms with E-state index in [0.29, 0.717) is 16.7 Å². The number of hydrogen-bond donors (Lipinski definition) is 0. The fourth-order valence-electron chi connectivity index (χ4n) is 2.48. The van der Waals surface area contributed by atoms with Gasteiger partial charge in [-0.3, -0.25) is 4.79 Å². The van der Waals surface area contributed by atoms with E-state index in [0.717, 1.165) is 16.7 Å². The monoisotopic (exact) mass is 248 g/mol. The lowest BCUT2D eigenvalue weighted by atomic mass is 9.95. The van der Waals surface area contributed by atoms with Gasteiger partial charge in [-0.15, -0.1) is 0 Å². The highest BCUT2D eigenvalue weighted by Gasteiger charge is 2.34. The normalized spacial score (nSPS) is 15.1. The average molecular weight is 248 g/mol. The highest BCUT2D eigenvalue weighted by atomic mass is 16.1. The highest BCUT2D eigenvalue weighted by Crippen LogP contribution is 2.41. The summed E-state index contributed by atoms with van der Waals surface area (Å²) in [4.78, 5) is 12.4. The summed E-state index contributed by atoms with van der Waals surface area (Å²) in [5.41, 5.74) is 4.05. The van der Waals surface area contributed by atoms with Crippen LogP contribution in [0.2, 0.25) is 0 Å². The van der Waals surface area contributed by atoms with Crippen LogP contribution in [0.25, 0.3) is 5.57 Å². The Balaban J connectivity index is 3.00. The molecule has 3 nitrogen and oxygen atoms in total. The van der Waals surface area contributed by atoms with Crippen LogP contribution < -0.4 is 0 Å². The summed E-state index contributed by atoms with van der Waals surface area (Å²) in [7, 11) is 0. The molecule has 0 atom stereocenters. The maximum Gasteiger partial charge on any atom is 0.194 e. The Morgan fingerprint density at radius 2 is 1.63 bits per heavy atom. The average Bonchev–Trinajstić information content (AvgIpc) is 2.70. The fourth-order valence-corrected chi connectivity index (χ4v) is 2.48. The smallest absolute Gasteiger partial charge is 0.194 e. The Bertz CT molecular complexity index is 721. The summed E-state index contributed by atoms with van der Waals surface area (Å²) >= 11 is 0. The number of fused-ring (bicyclic) bond motifs is 1. The van der Waals surface area contributed by atoms with Crippen LogP contribution in [0, 0.1) is 36.5 Å². The molecule has 0 radical (unpaired) electrons. The quantitative estimate of drug-likeness (QED) is 0.523. The van der Waals surface area contributed by atoms with Crippen LogP contribution in [0.5, 0.6) is 0 Å². The van der Waals surface area contributed by atoms with E-state index < -0.39 is 0 Å². The van der Waals surface area contributed by atoms with E-state index in [1.54, 1.807) is 13.0 Å². The van der Waals surface area contributed by atoms with Crippen molar-refractivity contribution in [1.82, 2.24) is 0 Å². The Kier molecular flexibility index (Phi) is 3.07. The second-order valence-electron chi connectivity index (χ2n) is 4.45. The van der Waals surface area contributed by atoms with Crippen molar-refractivity contribution in [3.05, 3.63) is 51.6 Å². The summed E-state index contributed by atoms with van der Waals surface area (Å²) in [6, 6.07) is 7.58. The van der Waals surface area contributed by atoms with Crippen molar-refractivity contribution in [2.24, 2.45) is 0 Å². The number of carbonyl (C=O) groups excluding carboxylic acids is 1. The van der Waals surface area contributed by atoms with Gasteiger partial charge in [0.1, 0.15) is 17.7 Å². The van der Waals surface area contributed by atoms with E-state index in [4.69, 9.17) is 10.5 Å². The van der Waals surface area contributed by atoms with Gasteiger partial charge in [0.15, 0.2) is 5.78 Å². The molecular formula is C16H12N2O. The van der Waals surface area contributed by atoms with Crippen molar-refractivity contribution < 1.29 is 4.79 Å². The van der Waals surface area contributed by atoms with Gasteiger partial charge in [-0.05, 0) is 37.5 Å². The molecule has 0 fully saturated rings. The number of aryl methyl sites for hydroxylation is 2. The van der Waals surface area contributed by atoms with Crippen LogP contribution in [0.3, 0.4) is 0 Å². The Hall–Kier alpha value is -2.65. The molecule has 0 heterocycles. The first kappa shape index (κ1) is 12.8. The maximum absolute atomic E-state index is 12.4. The Morgan fingerprint density at radius 3 is 2.11 bits per heavy atom. The number of hydrogen-bond acceptors (Lipinski definition) is 3. The molecule has 1 aromatic carbocycles. The molecule has 0 aliphatic heterocycles. The topological polar surface area (TPSA) is 64.7 Å². The molecule has 0 amide bonds. The van der Waals surface area contributed by atoms with Gasteiger partial charge in [-0.2, -0.15) is 10.5 Å². The summed E-state index contributed by atoms with van der Waals surface area (Å²) in [6.07, 6.45) is 1.67.